The molecule has 0 fully saturated rings. The molecule has 116 valence electrons. The van der Waals surface area contributed by atoms with Crippen molar-refractivity contribution >= 4 is 11.3 Å². The third kappa shape index (κ3) is 3.70. The predicted molar refractivity (Wildman–Crippen MR) is 94.4 cm³/mol. The average molecular weight is 295 g/mol. The van der Waals surface area contributed by atoms with Crippen molar-refractivity contribution in [3.8, 4) is 0 Å². The van der Waals surface area contributed by atoms with Crippen LogP contribution in [0.1, 0.15) is 49.0 Å². The highest BCUT2D eigenvalue weighted by Crippen LogP contribution is 2.25. The molecular formula is C20H25NO. The Kier molecular flexibility index (Phi) is 4.92. The second kappa shape index (κ2) is 6.69. The van der Waals surface area contributed by atoms with Gasteiger partial charge in [0, 0.05) is 5.70 Å². The van der Waals surface area contributed by atoms with Crippen LogP contribution in [-0.4, -0.2) is 0 Å². The van der Waals surface area contributed by atoms with E-state index in [0.717, 1.165) is 22.8 Å². The fourth-order valence-electron chi connectivity index (χ4n) is 2.36. The molecule has 0 amide bonds. The summed E-state index contributed by atoms with van der Waals surface area (Å²) in [6.07, 6.45) is 0. The third-order valence-corrected chi connectivity index (χ3v) is 4.01. The first-order valence-electron chi connectivity index (χ1n) is 7.62. The Labute approximate surface area is 133 Å². The molecule has 0 saturated heterocycles. The lowest BCUT2D eigenvalue weighted by molar-refractivity contribution is 0.476. The summed E-state index contributed by atoms with van der Waals surface area (Å²) in [5.41, 5.74) is 7.27. The Hall–Kier alpha value is -2.22. The summed E-state index contributed by atoms with van der Waals surface area (Å²) >= 11 is 0. The van der Waals surface area contributed by atoms with Crippen molar-refractivity contribution in [3.05, 3.63) is 70.7 Å². The molecule has 2 rings (SSSR count). The fraction of sp³-hybridized carbons (Fsp3) is 0.300. The normalized spacial score (nSPS) is 10.4. The molecule has 0 saturated carbocycles. The monoisotopic (exact) mass is 295 g/mol. The maximum absolute atomic E-state index is 5.57. The van der Waals surface area contributed by atoms with Crippen molar-refractivity contribution in [3.63, 3.8) is 0 Å². The largest absolute Gasteiger partial charge is 0.465 e. The van der Waals surface area contributed by atoms with Gasteiger partial charge in [-0.3, -0.25) is 0 Å². The van der Waals surface area contributed by atoms with Crippen LogP contribution in [0.2, 0.25) is 0 Å². The lowest BCUT2D eigenvalue weighted by atomic mass is 9.95. The Bertz CT molecular complexity index is 715. The molecule has 0 bridgehead atoms. The van der Waals surface area contributed by atoms with Crippen LogP contribution in [0.3, 0.4) is 0 Å². The van der Waals surface area contributed by atoms with Crippen molar-refractivity contribution in [1.82, 2.24) is 5.32 Å². The standard InChI is InChI=1S/C20H25NO/c1-13(2)16(5)20-11-18(9-7-14(20)3)17(6)21-12-19-10-8-15(4)22-19/h7-11,21H,6,12H2,1-5H3. The molecule has 0 radical (unpaired) electrons. The number of allylic oxidation sites excluding steroid dienone is 2. The van der Waals surface area contributed by atoms with Crippen LogP contribution in [0.15, 0.2) is 46.9 Å². The number of furan rings is 1. The summed E-state index contributed by atoms with van der Waals surface area (Å²) in [5.74, 6) is 1.85. The molecule has 0 atom stereocenters. The summed E-state index contributed by atoms with van der Waals surface area (Å²) in [6, 6.07) is 10.4. The first-order valence-corrected chi connectivity index (χ1v) is 7.62. The first-order chi connectivity index (χ1) is 10.4. The van der Waals surface area contributed by atoms with E-state index in [1.807, 2.05) is 19.1 Å². The van der Waals surface area contributed by atoms with Crippen LogP contribution in [-0.2, 0) is 6.54 Å². The zero-order valence-corrected chi connectivity index (χ0v) is 14.2. The summed E-state index contributed by atoms with van der Waals surface area (Å²) in [5, 5.41) is 3.34. The van der Waals surface area contributed by atoms with Gasteiger partial charge < -0.3 is 9.73 Å². The molecule has 0 spiro atoms. The molecule has 0 aliphatic rings. The highest BCUT2D eigenvalue weighted by Gasteiger charge is 2.07. The minimum absolute atomic E-state index is 0.650. The molecule has 0 unspecified atom stereocenters. The van der Waals surface area contributed by atoms with Crippen LogP contribution < -0.4 is 5.32 Å². The van der Waals surface area contributed by atoms with Crippen LogP contribution in [0.4, 0.5) is 0 Å². The van der Waals surface area contributed by atoms with Crippen molar-refractivity contribution in [2.75, 3.05) is 0 Å². The second-order valence-corrected chi connectivity index (χ2v) is 6.00. The summed E-state index contributed by atoms with van der Waals surface area (Å²) in [6.45, 7) is 15.4. The number of rotatable bonds is 5. The molecule has 2 heteroatoms. The minimum atomic E-state index is 0.650. The van der Waals surface area contributed by atoms with Gasteiger partial charge in [0.2, 0.25) is 0 Å². The first kappa shape index (κ1) is 16.2. The Morgan fingerprint density at radius 2 is 1.82 bits per heavy atom. The van der Waals surface area contributed by atoms with Gasteiger partial charge in [-0.25, -0.2) is 0 Å². The van der Waals surface area contributed by atoms with Gasteiger partial charge in [-0.05, 0) is 75.1 Å². The zero-order chi connectivity index (χ0) is 16.3. The van der Waals surface area contributed by atoms with Gasteiger partial charge in [-0.1, -0.05) is 24.3 Å². The highest BCUT2D eigenvalue weighted by atomic mass is 16.3. The molecule has 0 aliphatic carbocycles. The SMILES string of the molecule is C=C(NCc1ccc(C)o1)c1ccc(C)c(C(C)=C(C)C)c1. The van der Waals surface area contributed by atoms with Crippen LogP contribution in [0, 0.1) is 13.8 Å². The van der Waals surface area contributed by atoms with Gasteiger partial charge in [-0.2, -0.15) is 0 Å². The maximum atomic E-state index is 5.57. The second-order valence-electron chi connectivity index (χ2n) is 6.00. The van der Waals surface area contributed by atoms with Gasteiger partial charge in [0.15, 0.2) is 0 Å². The molecule has 1 heterocycles. The molecule has 22 heavy (non-hydrogen) atoms. The van der Waals surface area contributed by atoms with E-state index in [9.17, 15) is 0 Å². The van der Waals surface area contributed by atoms with E-state index in [2.05, 4.69) is 57.8 Å². The van der Waals surface area contributed by atoms with Gasteiger partial charge >= 0.3 is 0 Å². The average Bonchev–Trinajstić information content (AvgIpc) is 2.90. The van der Waals surface area contributed by atoms with E-state index >= 15 is 0 Å². The van der Waals surface area contributed by atoms with Gasteiger partial charge in [0.05, 0.1) is 6.54 Å². The quantitative estimate of drug-likeness (QED) is 0.791. The van der Waals surface area contributed by atoms with Crippen LogP contribution >= 0.6 is 0 Å². The van der Waals surface area contributed by atoms with Crippen molar-refractivity contribution in [1.29, 1.82) is 0 Å². The van der Waals surface area contributed by atoms with E-state index < -0.39 is 0 Å². The van der Waals surface area contributed by atoms with E-state index in [1.54, 1.807) is 0 Å². The lowest BCUT2D eigenvalue weighted by Crippen LogP contribution is -2.10. The van der Waals surface area contributed by atoms with Gasteiger partial charge in [0.1, 0.15) is 11.5 Å². The topological polar surface area (TPSA) is 25.2 Å². The van der Waals surface area contributed by atoms with Gasteiger partial charge in [0.25, 0.3) is 0 Å². The Morgan fingerprint density at radius 3 is 2.41 bits per heavy atom. The summed E-state index contributed by atoms with van der Waals surface area (Å²) in [7, 11) is 0. The summed E-state index contributed by atoms with van der Waals surface area (Å²) < 4.78 is 5.57. The maximum Gasteiger partial charge on any atom is 0.123 e. The Morgan fingerprint density at radius 1 is 1.09 bits per heavy atom. The van der Waals surface area contributed by atoms with Crippen molar-refractivity contribution in [2.24, 2.45) is 0 Å². The Balaban J connectivity index is 2.16. The van der Waals surface area contributed by atoms with E-state index in [4.69, 9.17) is 4.42 Å². The van der Waals surface area contributed by atoms with E-state index in [1.165, 1.54) is 22.3 Å². The fourth-order valence-corrected chi connectivity index (χ4v) is 2.36. The lowest BCUT2D eigenvalue weighted by Gasteiger charge is -2.14. The van der Waals surface area contributed by atoms with Crippen LogP contribution in [0.25, 0.3) is 11.3 Å². The molecule has 0 aliphatic heterocycles. The molecule has 1 aromatic heterocycles. The number of benzene rings is 1. The smallest absolute Gasteiger partial charge is 0.123 e. The van der Waals surface area contributed by atoms with E-state index in [0.29, 0.717) is 6.54 Å². The van der Waals surface area contributed by atoms with Crippen LogP contribution in [0.5, 0.6) is 0 Å². The minimum Gasteiger partial charge on any atom is -0.465 e. The number of hydrogen-bond acceptors (Lipinski definition) is 2. The zero-order valence-electron chi connectivity index (χ0n) is 14.2. The molecule has 1 N–H and O–H groups in total. The molecule has 1 aromatic carbocycles. The molecule has 2 nitrogen and oxygen atoms in total. The van der Waals surface area contributed by atoms with Crippen molar-refractivity contribution < 1.29 is 4.42 Å². The molecular weight excluding hydrogens is 270 g/mol. The van der Waals surface area contributed by atoms with Gasteiger partial charge in [-0.15, -0.1) is 0 Å². The van der Waals surface area contributed by atoms with E-state index in [-0.39, 0.29) is 0 Å². The number of hydrogen-bond donors (Lipinski definition) is 1. The number of nitrogens with one attached hydrogen (secondary N) is 1. The van der Waals surface area contributed by atoms with Crippen molar-refractivity contribution in [2.45, 2.75) is 41.2 Å². The summed E-state index contributed by atoms with van der Waals surface area (Å²) in [4.78, 5) is 0. The number of aryl methyl sites for hydroxylation is 2. The highest BCUT2D eigenvalue weighted by molar-refractivity contribution is 5.73. The molecule has 2 aromatic rings. The predicted octanol–water partition coefficient (Wildman–Crippen LogP) is 5.47. The third-order valence-electron chi connectivity index (χ3n) is 4.01.